The fourth-order valence-corrected chi connectivity index (χ4v) is 1.35. The van der Waals surface area contributed by atoms with Crippen LogP contribution >= 0.6 is 0 Å². The van der Waals surface area contributed by atoms with Gasteiger partial charge in [-0.05, 0) is 5.56 Å². The Balaban J connectivity index is 0.00000112. The molecule has 3 heteroatoms. The molecule has 0 amide bonds. The van der Waals surface area contributed by atoms with Crippen LogP contribution in [0, 0.1) is 0 Å². The molecule has 2 aromatic rings. The summed E-state index contributed by atoms with van der Waals surface area (Å²) < 4.78 is 5.68. The van der Waals surface area contributed by atoms with Crippen molar-refractivity contribution in [1.29, 1.82) is 0 Å². The molecule has 0 aliphatic rings. The Morgan fingerprint density at radius 2 is 1.47 bits per heavy atom. The van der Waals surface area contributed by atoms with Crippen LogP contribution in [0.3, 0.4) is 0 Å². The summed E-state index contributed by atoms with van der Waals surface area (Å²) in [7, 11) is 0. The smallest absolute Gasteiger partial charge is 0.746 e. The molecule has 0 radical (unpaired) electrons. The molecule has 0 saturated carbocycles. The molecule has 1 aromatic heterocycles. The summed E-state index contributed by atoms with van der Waals surface area (Å²) in [5.74, 6) is 4.09. The molecule has 0 N–H and O–H groups in total. The Morgan fingerprint density at radius 3 is 2.13 bits per heavy atom. The Kier molecular flexibility index (Phi) is 5.70. The van der Waals surface area contributed by atoms with Gasteiger partial charge in [-0.15, -0.1) is 12.1 Å². The third-order valence-electron chi connectivity index (χ3n) is 2.11. The first-order chi connectivity index (χ1) is 6.95. The minimum absolute atomic E-state index is 0. The van der Waals surface area contributed by atoms with Crippen LogP contribution in [0.5, 0.6) is 0 Å². The first-order valence-corrected chi connectivity index (χ1v) is 4.79. The molecule has 0 spiro atoms. The van der Waals surface area contributed by atoms with Crippen LogP contribution in [0.1, 0.15) is 5.56 Å². The van der Waals surface area contributed by atoms with Crippen molar-refractivity contribution in [3.05, 3.63) is 66.0 Å². The van der Waals surface area contributed by atoms with Crippen molar-refractivity contribution in [3.63, 3.8) is 0 Å². The van der Waals surface area contributed by atoms with Crippen molar-refractivity contribution in [2.45, 2.75) is 6.61 Å². The molecule has 2 rings (SSSR count). The zero-order valence-corrected chi connectivity index (χ0v) is 11.0. The monoisotopic (exact) mass is 206 g/mol. The van der Waals surface area contributed by atoms with Gasteiger partial charge in [-0.3, -0.25) is 0 Å². The summed E-state index contributed by atoms with van der Waals surface area (Å²) in [6.07, 6.45) is 0. The van der Waals surface area contributed by atoms with E-state index in [1.165, 1.54) is 5.56 Å². The molecule has 1 aromatic carbocycles. The van der Waals surface area contributed by atoms with Crippen LogP contribution < -0.4 is 34.2 Å². The second-order valence-electron chi connectivity index (χ2n) is 3.22. The van der Waals surface area contributed by atoms with E-state index in [1.807, 2.05) is 48.3 Å². The van der Waals surface area contributed by atoms with Gasteiger partial charge in [-0.1, -0.05) is 36.4 Å². The largest absolute Gasteiger partial charge is 1.00 e. The van der Waals surface area contributed by atoms with Crippen LogP contribution in [0.2, 0.25) is 0 Å². The molecule has 0 aliphatic carbocycles. The maximum absolute atomic E-state index is 5.68. The molecular formula is C12H12BNaO. The minimum atomic E-state index is 0. The Morgan fingerprint density at radius 1 is 0.867 bits per heavy atom. The first kappa shape index (κ1) is 12.5. The number of hydrogen-bond acceptors (Lipinski definition) is 1. The molecule has 1 nitrogen and oxygen atoms in total. The van der Waals surface area contributed by atoms with E-state index in [1.54, 1.807) is 0 Å². The van der Waals surface area contributed by atoms with Crippen molar-refractivity contribution in [3.8, 4) is 0 Å². The summed E-state index contributed by atoms with van der Waals surface area (Å²) in [6.45, 7) is 0.792. The number of rotatable bonds is 3. The molecule has 0 saturated heterocycles. The third kappa shape index (κ3) is 4.21. The van der Waals surface area contributed by atoms with Gasteiger partial charge in [-0.2, -0.15) is 0 Å². The predicted molar refractivity (Wildman–Crippen MR) is 59.1 cm³/mol. The zero-order chi connectivity index (χ0) is 9.64. The summed E-state index contributed by atoms with van der Waals surface area (Å²) >= 11 is 0. The van der Waals surface area contributed by atoms with E-state index in [2.05, 4.69) is 12.1 Å². The number of benzene rings is 1. The summed E-state index contributed by atoms with van der Waals surface area (Å²) in [5, 5.41) is 0. The molecule has 70 valence electrons. The van der Waals surface area contributed by atoms with Gasteiger partial charge in [-0.25, -0.2) is 11.9 Å². The van der Waals surface area contributed by atoms with Crippen molar-refractivity contribution in [1.82, 2.24) is 0 Å². The van der Waals surface area contributed by atoms with Crippen LogP contribution in [0.25, 0.3) is 0 Å². The van der Waals surface area contributed by atoms with E-state index in [-0.39, 0.29) is 36.1 Å². The summed E-state index contributed by atoms with van der Waals surface area (Å²) in [6, 6.07) is 16.2. The van der Waals surface area contributed by atoms with E-state index in [4.69, 9.17) is 4.65 Å². The van der Waals surface area contributed by atoms with E-state index < -0.39 is 0 Å². The average molecular weight is 206 g/mol. The van der Waals surface area contributed by atoms with Gasteiger partial charge in [0, 0.05) is 0 Å². The van der Waals surface area contributed by atoms with Gasteiger partial charge >= 0.3 is 29.6 Å². The standard InChI is InChI=1S/C12H12BO.Na/c1-3-7-12(8-4-1)11-14-13-9-5-2-6-10-13;/h1-10H,11H2;/q-1;+1. The van der Waals surface area contributed by atoms with Crippen molar-refractivity contribution in [2.24, 2.45) is 0 Å². The van der Waals surface area contributed by atoms with Gasteiger partial charge in [0.2, 0.25) is 0 Å². The van der Waals surface area contributed by atoms with Crippen LogP contribution in [0.15, 0.2) is 60.5 Å². The SMILES string of the molecule is [Na+].c1cc[b-](OCc2ccccc2)cc1. The molecule has 15 heavy (non-hydrogen) atoms. The fourth-order valence-electron chi connectivity index (χ4n) is 1.35. The first-order valence-electron chi connectivity index (χ1n) is 4.79. The predicted octanol–water partition coefficient (Wildman–Crippen LogP) is -0.655. The third-order valence-corrected chi connectivity index (χ3v) is 2.11. The van der Waals surface area contributed by atoms with E-state index in [9.17, 15) is 0 Å². The Labute approximate surface area is 113 Å². The normalized spacial score (nSPS) is 9.07. The maximum atomic E-state index is 5.68. The van der Waals surface area contributed by atoms with Gasteiger partial charge in [0.25, 0.3) is 0 Å². The van der Waals surface area contributed by atoms with E-state index in [0.717, 1.165) is 0 Å². The van der Waals surface area contributed by atoms with Gasteiger partial charge in [0.15, 0.2) is 0 Å². The fraction of sp³-hybridized carbons (Fsp3) is 0.0833. The van der Waals surface area contributed by atoms with Gasteiger partial charge < -0.3 is 4.65 Å². The van der Waals surface area contributed by atoms with E-state index >= 15 is 0 Å². The quantitative estimate of drug-likeness (QED) is 0.606. The average Bonchev–Trinajstić information content (AvgIpc) is 2.29. The molecule has 0 unspecified atom stereocenters. The minimum Gasteiger partial charge on any atom is -0.746 e. The second-order valence-corrected chi connectivity index (χ2v) is 3.22. The molecule has 1 heterocycles. The van der Waals surface area contributed by atoms with Crippen molar-refractivity contribution < 1.29 is 34.2 Å². The van der Waals surface area contributed by atoms with Crippen LogP contribution in [0.4, 0.5) is 0 Å². The Bertz CT molecular complexity index is 338. The molecule has 0 fully saturated rings. The molecule has 0 aliphatic heterocycles. The molecular weight excluding hydrogens is 194 g/mol. The van der Waals surface area contributed by atoms with Gasteiger partial charge in [0.05, 0.1) is 13.2 Å². The van der Waals surface area contributed by atoms with Crippen molar-refractivity contribution in [2.75, 3.05) is 0 Å². The Hall–Kier alpha value is -0.565. The van der Waals surface area contributed by atoms with Crippen LogP contribution in [-0.4, -0.2) is 6.55 Å². The molecule has 0 atom stereocenters. The van der Waals surface area contributed by atoms with E-state index in [0.29, 0.717) is 6.61 Å². The topological polar surface area (TPSA) is 9.23 Å². The second kappa shape index (κ2) is 6.83. The van der Waals surface area contributed by atoms with Crippen molar-refractivity contribution >= 4 is 6.55 Å². The molecule has 0 bridgehead atoms. The number of hydrogen-bond donors (Lipinski definition) is 0. The maximum Gasteiger partial charge on any atom is 1.00 e. The summed E-state index contributed by atoms with van der Waals surface area (Å²) in [5.41, 5.74) is 1.21. The zero-order valence-electron chi connectivity index (χ0n) is 8.97. The van der Waals surface area contributed by atoms with Gasteiger partial charge in [0.1, 0.15) is 0 Å². The van der Waals surface area contributed by atoms with Crippen LogP contribution in [-0.2, 0) is 6.61 Å². The summed E-state index contributed by atoms with van der Waals surface area (Å²) in [4.78, 5) is 0.